The summed E-state index contributed by atoms with van der Waals surface area (Å²) in [6, 6.07) is 11.3. The second-order valence-electron chi connectivity index (χ2n) is 8.33. The third-order valence-electron chi connectivity index (χ3n) is 5.35. The summed E-state index contributed by atoms with van der Waals surface area (Å²) in [5, 5.41) is 3.23. The predicted molar refractivity (Wildman–Crippen MR) is 126 cm³/mol. The van der Waals surface area contributed by atoms with Gasteiger partial charge in [-0.1, -0.05) is 31.5 Å². The smallest absolute Gasteiger partial charge is 0.329 e. The molecule has 1 N–H and O–H groups in total. The Morgan fingerprint density at radius 1 is 1.06 bits per heavy atom. The van der Waals surface area contributed by atoms with Crippen LogP contribution in [0.1, 0.15) is 30.6 Å². The summed E-state index contributed by atoms with van der Waals surface area (Å²) in [7, 11) is 0. The van der Waals surface area contributed by atoms with Gasteiger partial charge in [0.25, 0.3) is 11.8 Å². The lowest BCUT2D eigenvalue weighted by atomic mass is 10.0. The summed E-state index contributed by atoms with van der Waals surface area (Å²) in [6.07, 6.45) is 2.14. The largest absolute Gasteiger partial charge is 0.454 e. The molecule has 2 heterocycles. The SMILES string of the molecule is CC(C)CC(NC(=O)c1ccc(Cl)cc1)C(=O)OCC(=O)N1CCN(c2ccccn2)CC1. The van der Waals surface area contributed by atoms with Crippen LogP contribution >= 0.6 is 11.6 Å². The number of rotatable bonds is 8. The van der Waals surface area contributed by atoms with Crippen LogP contribution in [0, 0.1) is 5.92 Å². The van der Waals surface area contributed by atoms with Crippen molar-refractivity contribution in [2.75, 3.05) is 37.7 Å². The maximum Gasteiger partial charge on any atom is 0.329 e. The van der Waals surface area contributed by atoms with E-state index < -0.39 is 17.9 Å². The minimum absolute atomic E-state index is 0.142. The molecule has 1 aliphatic rings. The third-order valence-corrected chi connectivity index (χ3v) is 5.60. The lowest BCUT2D eigenvalue weighted by Crippen LogP contribution is -2.50. The van der Waals surface area contributed by atoms with Crippen molar-refractivity contribution >= 4 is 35.2 Å². The van der Waals surface area contributed by atoms with E-state index in [1.165, 1.54) is 0 Å². The molecule has 1 aliphatic heterocycles. The number of carbonyl (C=O) groups is 3. The van der Waals surface area contributed by atoms with Crippen LogP contribution in [-0.2, 0) is 14.3 Å². The molecule has 0 saturated carbocycles. The first-order valence-electron chi connectivity index (χ1n) is 11.0. The number of benzene rings is 1. The van der Waals surface area contributed by atoms with Gasteiger partial charge in [0.2, 0.25) is 0 Å². The number of pyridine rings is 1. The fraction of sp³-hybridized carbons (Fsp3) is 0.417. The summed E-state index contributed by atoms with van der Waals surface area (Å²) in [6.45, 7) is 5.90. The second kappa shape index (κ2) is 11.7. The molecule has 2 amide bonds. The van der Waals surface area contributed by atoms with Gasteiger partial charge in [-0.25, -0.2) is 9.78 Å². The molecule has 176 valence electrons. The molecule has 1 unspecified atom stereocenters. The number of nitrogens with zero attached hydrogens (tertiary/aromatic N) is 3. The van der Waals surface area contributed by atoms with Crippen molar-refractivity contribution in [3.05, 3.63) is 59.2 Å². The third kappa shape index (κ3) is 7.18. The maximum absolute atomic E-state index is 12.7. The number of ether oxygens (including phenoxy) is 1. The number of amides is 2. The van der Waals surface area contributed by atoms with Crippen LogP contribution in [-0.4, -0.2) is 66.5 Å². The number of piperazine rings is 1. The van der Waals surface area contributed by atoms with Gasteiger partial charge in [-0.2, -0.15) is 0 Å². The Balaban J connectivity index is 1.50. The number of nitrogens with one attached hydrogen (secondary N) is 1. The van der Waals surface area contributed by atoms with Gasteiger partial charge < -0.3 is 19.9 Å². The van der Waals surface area contributed by atoms with Gasteiger partial charge in [-0.05, 0) is 48.7 Å². The molecular weight excluding hydrogens is 444 g/mol. The van der Waals surface area contributed by atoms with Crippen molar-refractivity contribution in [3.8, 4) is 0 Å². The highest BCUT2D eigenvalue weighted by Gasteiger charge is 2.27. The molecule has 1 aromatic heterocycles. The van der Waals surface area contributed by atoms with Gasteiger partial charge >= 0.3 is 5.97 Å². The van der Waals surface area contributed by atoms with Gasteiger partial charge in [0.05, 0.1) is 0 Å². The van der Waals surface area contributed by atoms with Crippen LogP contribution in [0.5, 0.6) is 0 Å². The predicted octanol–water partition coefficient (Wildman–Crippen LogP) is 2.77. The van der Waals surface area contributed by atoms with E-state index in [1.54, 1.807) is 35.4 Å². The van der Waals surface area contributed by atoms with Gasteiger partial charge in [0.15, 0.2) is 6.61 Å². The van der Waals surface area contributed by atoms with Crippen molar-refractivity contribution < 1.29 is 19.1 Å². The zero-order chi connectivity index (χ0) is 23.8. The molecule has 2 aromatic rings. The minimum Gasteiger partial charge on any atom is -0.454 e. The molecule has 1 saturated heterocycles. The van der Waals surface area contributed by atoms with Crippen molar-refractivity contribution in [2.45, 2.75) is 26.3 Å². The lowest BCUT2D eigenvalue weighted by Gasteiger charge is -2.35. The van der Waals surface area contributed by atoms with E-state index in [9.17, 15) is 14.4 Å². The lowest BCUT2D eigenvalue weighted by molar-refractivity contribution is -0.154. The fourth-order valence-corrected chi connectivity index (χ4v) is 3.70. The fourth-order valence-electron chi connectivity index (χ4n) is 3.58. The van der Waals surface area contributed by atoms with Crippen molar-refractivity contribution in [3.63, 3.8) is 0 Å². The van der Waals surface area contributed by atoms with Crippen molar-refractivity contribution in [1.29, 1.82) is 0 Å². The minimum atomic E-state index is -0.845. The van der Waals surface area contributed by atoms with Gasteiger partial charge in [-0.15, -0.1) is 0 Å². The Hall–Kier alpha value is -3.13. The van der Waals surface area contributed by atoms with E-state index in [0.717, 1.165) is 5.82 Å². The Labute approximate surface area is 198 Å². The van der Waals surface area contributed by atoms with E-state index >= 15 is 0 Å². The number of aromatic nitrogens is 1. The zero-order valence-corrected chi connectivity index (χ0v) is 19.6. The first-order valence-corrected chi connectivity index (χ1v) is 11.4. The normalized spacial score (nSPS) is 14.7. The Bertz CT molecular complexity index is 945. The zero-order valence-electron chi connectivity index (χ0n) is 18.9. The standard InChI is InChI=1S/C24H29ClN4O4/c1-17(2)15-20(27-23(31)18-6-8-19(25)9-7-18)24(32)33-16-22(30)29-13-11-28(12-14-29)21-5-3-4-10-26-21/h3-10,17,20H,11-16H2,1-2H3,(H,27,31). The quantitative estimate of drug-likeness (QED) is 0.594. The van der Waals surface area contributed by atoms with E-state index in [0.29, 0.717) is 43.2 Å². The van der Waals surface area contributed by atoms with E-state index in [1.807, 2.05) is 32.0 Å². The highest BCUT2D eigenvalue weighted by molar-refractivity contribution is 6.30. The molecular formula is C24H29ClN4O4. The van der Waals surface area contributed by atoms with Gasteiger partial charge in [0.1, 0.15) is 11.9 Å². The van der Waals surface area contributed by atoms with Crippen LogP contribution in [0.4, 0.5) is 5.82 Å². The van der Waals surface area contributed by atoms with E-state index in [2.05, 4.69) is 15.2 Å². The topological polar surface area (TPSA) is 91.8 Å². The number of anilines is 1. The van der Waals surface area contributed by atoms with Crippen LogP contribution in [0.3, 0.4) is 0 Å². The van der Waals surface area contributed by atoms with Crippen molar-refractivity contribution in [1.82, 2.24) is 15.2 Å². The van der Waals surface area contributed by atoms with Crippen molar-refractivity contribution in [2.24, 2.45) is 5.92 Å². The number of carbonyl (C=O) groups excluding carboxylic acids is 3. The number of halogens is 1. The second-order valence-corrected chi connectivity index (χ2v) is 8.76. The average Bonchev–Trinajstić information content (AvgIpc) is 2.82. The average molecular weight is 473 g/mol. The molecule has 9 heteroatoms. The monoisotopic (exact) mass is 472 g/mol. The van der Waals surface area contributed by atoms with E-state index in [4.69, 9.17) is 16.3 Å². The summed E-state index contributed by atoms with van der Waals surface area (Å²) >= 11 is 5.87. The Morgan fingerprint density at radius 2 is 1.76 bits per heavy atom. The summed E-state index contributed by atoms with van der Waals surface area (Å²) in [5.74, 6) is -0.249. The number of hydrogen-bond donors (Lipinski definition) is 1. The molecule has 8 nitrogen and oxygen atoms in total. The number of esters is 1. The molecule has 1 atom stereocenters. The molecule has 1 aromatic carbocycles. The summed E-state index contributed by atoms with van der Waals surface area (Å²) in [4.78, 5) is 45.9. The highest BCUT2D eigenvalue weighted by atomic mass is 35.5. The molecule has 3 rings (SSSR count). The molecule has 1 fully saturated rings. The summed E-state index contributed by atoms with van der Waals surface area (Å²) in [5.41, 5.74) is 0.391. The molecule has 0 spiro atoms. The molecule has 0 aliphatic carbocycles. The van der Waals surface area contributed by atoms with Crippen LogP contribution < -0.4 is 10.2 Å². The molecule has 33 heavy (non-hydrogen) atoms. The van der Waals surface area contributed by atoms with Gasteiger partial charge in [0, 0.05) is 43.0 Å². The van der Waals surface area contributed by atoms with Crippen LogP contribution in [0.15, 0.2) is 48.7 Å². The molecule has 0 radical (unpaired) electrons. The Morgan fingerprint density at radius 3 is 2.36 bits per heavy atom. The Kier molecular flexibility index (Phi) is 8.65. The summed E-state index contributed by atoms with van der Waals surface area (Å²) < 4.78 is 5.30. The molecule has 0 bridgehead atoms. The van der Waals surface area contributed by atoms with Gasteiger partial charge in [-0.3, -0.25) is 9.59 Å². The maximum atomic E-state index is 12.7. The van der Waals surface area contributed by atoms with E-state index in [-0.39, 0.29) is 18.4 Å². The first-order chi connectivity index (χ1) is 15.8. The van der Waals surface area contributed by atoms with Crippen LogP contribution in [0.2, 0.25) is 5.02 Å². The van der Waals surface area contributed by atoms with Crippen LogP contribution in [0.25, 0.3) is 0 Å². The number of hydrogen-bond acceptors (Lipinski definition) is 6. The highest BCUT2D eigenvalue weighted by Crippen LogP contribution is 2.14. The first kappa shape index (κ1) is 24.5.